The molecule has 0 radical (unpaired) electrons. The van der Waals surface area contributed by atoms with E-state index in [-0.39, 0.29) is 12.1 Å². The fourth-order valence-corrected chi connectivity index (χ4v) is 4.31. The molecule has 5 rings (SSSR count). The summed E-state index contributed by atoms with van der Waals surface area (Å²) >= 11 is 0. The molecule has 170 valence electrons. The third-order valence-electron chi connectivity index (χ3n) is 6.02. The third kappa shape index (κ3) is 3.63. The van der Waals surface area contributed by atoms with Crippen LogP contribution in [0, 0.1) is 0 Å². The van der Waals surface area contributed by atoms with Crippen molar-refractivity contribution in [2.75, 3.05) is 21.3 Å². The number of para-hydroxylation sites is 1. The molecule has 0 N–H and O–H groups in total. The average Bonchev–Trinajstić information content (AvgIpc) is 2.89. The van der Waals surface area contributed by atoms with E-state index in [1.807, 2.05) is 72.8 Å². The standard InChI is InChI=1S/C28H24N2O4/c1-32-20-14-12-19(25(16-20)34-3)17-30-27(29-23-11-7-6-10-22(23)28(30)31)26-21-9-5-4-8-18(21)13-15-24(26)33-2/h4-16H,17H2,1-3H3. The van der Waals surface area contributed by atoms with Gasteiger partial charge in [-0.1, -0.05) is 42.5 Å². The first-order valence-electron chi connectivity index (χ1n) is 10.9. The summed E-state index contributed by atoms with van der Waals surface area (Å²) in [6.07, 6.45) is 0. The molecule has 0 atom stereocenters. The lowest BCUT2D eigenvalue weighted by Crippen LogP contribution is -2.24. The third-order valence-corrected chi connectivity index (χ3v) is 6.02. The van der Waals surface area contributed by atoms with E-state index < -0.39 is 0 Å². The van der Waals surface area contributed by atoms with E-state index in [4.69, 9.17) is 19.2 Å². The molecule has 0 bridgehead atoms. The second-order valence-electron chi connectivity index (χ2n) is 7.89. The number of nitrogens with zero attached hydrogens (tertiary/aromatic N) is 2. The average molecular weight is 453 g/mol. The Morgan fingerprint density at radius 1 is 0.765 bits per heavy atom. The van der Waals surface area contributed by atoms with Gasteiger partial charge in [0, 0.05) is 11.6 Å². The minimum Gasteiger partial charge on any atom is -0.497 e. The molecule has 0 fully saturated rings. The van der Waals surface area contributed by atoms with E-state index in [1.54, 1.807) is 32.0 Å². The van der Waals surface area contributed by atoms with Crippen LogP contribution < -0.4 is 19.8 Å². The van der Waals surface area contributed by atoms with Gasteiger partial charge in [-0.15, -0.1) is 0 Å². The van der Waals surface area contributed by atoms with Crippen molar-refractivity contribution >= 4 is 21.7 Å². The normalized spacial score (nSPS) is 11.0. The molecule has 4 aromatic carbocycles. The first kappa shape index (κ1) is 21.5. The van der Waals surface area contributed by atoms with Gasteiger partial charge in [0.15, 0.2) is 0 Å². The largest absolute Gasteiger partial charge is 0.497 e. The zero-order valence-electron chi connectivity index (χ0n) is 19.2. The highest BCUT2D eigenvalue weighted by Gasteiger charge is 2.20. The number of ether oxygens (including phenoxy) is 3. The van der Waals surface area contributed by atoms with Crippen LogP contribution in [0.3, 0.4) is 0 Å². The fourth-order valence-electron chi connectivity index (χ4n) is 4.31. The van der Waals surface area contributed by atoms with Crippen LogP contribution in [0.5, 0.6) is 17.2 Å². The minimum atomic E-state index is -0.131. The van der Waals surface area contributed by atoms with E-state index in [1.165, 1.54) is 0 Å². The van der Waals surface area contributed by atoms with E-state index in [0.717, 1.165) is 21.9 Å². The second kappa shape index (κ2) is 8.90. The molecule has 0 aliphatic carbocycles. The van der Waals surface area contributed by atoms with Crippen molar-refractivity contribution in [2.24, 2.45) is 0 Å². The highest BCUT2D eigenvalue weighted by Crippen LogP contribution is 2.37. The summed E-state index contributed by atoms with van der Waals surface area (Å²) in [7, 11) is 4.84. The van der Waals surface area contributed by atoms with Crippen molar-refractivity contribution < 1.29 is 14.2 Å². The van der Waals surface area contributed by atoms with Crippen LogP contribution in [0.4, 0.5) is 0 Å². The predicted molar refractivity (Wildman–Crippen MR) is 134 cm³/mol. The number of aromatic nitrogens is 2. The van der Waals surface area contributed by atoms with E-state index in [9.17, 15) is 4.79 Å². The van der Waals surface area contributed by atoms with Crippen molar-refractivity contribution in [2.45, 2.75) is 6.54 Å². The molecule has 34 heavy (non-hydrogen) atoms. The lowest BCUT2D eigenvalue weighted by molar-refractivity contribution is 0.390. The summed E-state index contributed by atoms with van der Waals surface area (Å²) in [6.45, 7) is 0.269. The topological polar surface area (TPSA) is 62.6 Å². The number of methoxy groups -OCH3 is 3. The molecule has 0 aliphatic heterocycles. The first-order chi connectivity index (χ1) is 16.6. The molecule has 6 heteroatoms. The van der Waals surface area contributed by atoms with Crippen molar-refractivity contribution in [3.8, 4) is 28.6 Å². The Balaban J connectivity index is 1.83. The number of hydrogen-bond acceptors (Lipinski definition) is 5. The SMILES string of the molecule is COc1ccc(Cn2c(-c3c(OC)ccc4ccccc34)nc3ccccc3c2=O)c(OC)c1. The maximum atomic E-state index is 13.8. The Morgan fingerprint density at radius 3 is 2.26 bits per heavy atom. The number of rotatable bonds is 6. The van der Waals surface area contributed by atoms with Gasteiger partial charge in [0.25, 0.3) is 5.56 Å². The van der Waals surface area contributed by atoms with Crippen LogP contribution in [0.25, 0.3) is 33.1 Å². The summed E-state index contributed by atoms with van der Waals surface area (Å²) in [5.41, 5.74) is 2.11. The fraction of sp³-hybridized carbons (Fsp3) is 0.143. The Bertz CT molecular complexity index is 1570. The van der Waals surface area contributed by atoms with E-state index in [0.29, 0.717) is 34.0 Å². The number of benzene rings is 4. The quantitative estimate of drug-likeness (QED) is 0.350. The van der Waals surface area contributed by atoms with Crippen LogP contribution >= 0.6 is 0 Å². The van der Waals surface area contributed by atoms with Crippen LogP contribution in [-0.4, -0.2) is 30.9 Å². The Hall–Kier alpha value is -4.32. The first-order valence-corrected chi connectivity index (χ1v) is 10.9. The summed E-state index contributed by atoms with van der Waals surface area (Å²) in [4.78, 5) is 18.8. The van der Waals surface area contributed by atoms with Gasteiger partial charge in [0.1, 0.15) is 23.1 Å². The van der Waals surface area contributed by atoms with Gasteiger partial charge in [0.05, 0.1) is 44.3 Å². The lowest BCUT2D eigenvalue weighted by atomic mass is 10.0. The second-order valence-corrected chi connectivity index (χ2v) is 7.89. The van der Waals surface area contributed by atoms with Crippen molar-refractivity contribution in [1.29, 1.82) is 0 Å². The van der Waals surface area contributed by atoms with Crippen LogP contribution in [0.1, 0.15) is 5.56 Å². The summed E-state index contributed by atoms with van der Waals surface area (Å²) in [5.74, 6) is 2.50. The Kier molecular flexibility index (Phi) is 5.64. The minimum absolute atomic E-state index is 0.131. The van der Waals surface area contributed by atoms with E-state index >= 15 is 0 Å². The number of fused-ring (bicyclic) bond motifs is 2. The monoisotopic (exact) mass is 452 g/mol. The maximum absolute atomic E-state index is 13.8. The molecule has 0 aliphatic rings. The summed E-state index contributed by atoms with van der Waals surface area (Å²) in [6, 6.07) is 24.9. The summed E-state index contributed by atoms with van der Waals surface area (Å²) in [5, 5.41) is 2.55. The molecule has 1 heterocycles. The molecule has 5 aromatic rings. The van der Waals surface area contributed by atoms with Crippen molar-refractivity contribution in [1.82, 2.24) is 9.55 Å². The molecule has 1 aromatic heterocycles. The van der Waals surface area contributed by atoms with Crippen LogP contribution in [-0.2, 0) is 6.54 Å². The number of hydrogen-bond donors (Lipinski definition) is 0. The molecule has 6 nitrogen and oxygen atoms in total. The maximum Gasteiger partial charge on any atom is 0.261 e. The van der Waals surface area contributed by atoms with Gasteiger partial charge in [-0.25, -0.2) is 4.98 Å². The molecule has 0 amide bonds. The molecule has 0 saturated heterocycles. The van der Waals surface area contributed by atoms with Gasteiger partial charge in [-0.05, 0) is 41.1 Å². The van der Waals surface area contributed by atoms with Crippen LogP contribution in [0.2, 0.25) is 0 Å². The van der Waals surface area contributed by atoms with Crippen LogP contribution in [0.15, 0.2) is 83.7 Å². The molecule has 0 unspecified atom stereocenters. The van der Waals surface area contributed by atoms with Gasteiger partial charge in [-0.3, -0.25) is 9.36 Å². The van der Waals surface area contributed by atoms with Gasteiger partial charge in [-0.2, -0.15) is 0 Å². The Morgan fingerprint density at radius 2 is 1.50 bits per heavy atom. The molecule has 0 saturated carbocycles. The van der Waals surface area contributed by atoms with Gasteiger partial charge >= 0.3 is 0 Å². The van der Waals surface area contributed by atoms with Gasteiger partial charge in [0.2, 0.25) is 0 Å². The predicted octanol–water partition coefficient (Wildman–Crippen LogP) is 5.29. The molecular formula is C28H24N2O4. The lowest BCUT2D eigenvalue weighted by Gasteiger charge is -2.19. The smallest absolute Gasteiger partial charge is 0.261 e. The van der Waals surface area contributed by atoms with Crippen molar-refractivity contribution in [3.05, 3.63) is 94.8 Å². The van der Waals surface area contributed by atoms with Gasteiger partial charge < -0.3 is 14.2 Å². The molecular weight excluding hydrogens is 428 g/mol. The Labute approximate surface area is 197 Å². The van der Waals surface area contributed by atoms with Crippen molar-refractivity contribution in [3.63, 3.8) is 0 Å². The zero-order chi connectivity index (χ0) is 23.7. The molecule has 0 spiro atoms. The highest BCUT2D eigenvalue weighted by molar-refractivity contribution is 5.99. The highest BCUT2D eigenvalue weighted by atomic mass is 16.5. The van der Waals surface area contributed by atoms with E-state index in [2.05, 4.69) is 0 Å². The zero-order valence-corrected chi connectivity index (χ0v) is 19.2. The summed E-state index contributed by atoms with van der Waals surface area (Å²) < 4.78 is 18.4.